The number of carbonyl (C=O) groups is 1. The van der Waals surface area contributed by atoms with E-state index in [1.165, 1.54) is 36.4 Å². The van der Waals surface area contributed by atoms with Crippen LogP contribution in [-0.2, 0) is 10.0 Å². The van der Waals surface area contributed by atoms with E-state index in [0.717, 1.165) is 6.07 Å². The lowest BCUT2D eigenvalue weighted by Gasteiger charge is -2.07. The van der Waals surface area contributed by atoms with E-state index in [4.69, 9.17) is 5.14 Å². The number of anilines is 1. The number of nitrogens with one attached hydrogen (secondary N) is 1. The van der Waals surface area contributed by atoms with Gasteiger partial charge >= 0.3 is 0 Å². The van der Waals surface area contributed by atoms with Gasteiger partial charge in [0.05, 0.1) is 4.90 Å². The Bertz CT molecular complexity index is 785. The van der Waals surface area contributed by atoms with Crippen LogP contribution in [0, 0.1) is 0 Å². The quantitative estimate of drug-likeness (QED) is 0.628. The Morgan fingerprint density at radius 3 is 2.14 bits per heavy atom. The van der Waals surface area contributed by atoms with Crippen molar-refractivity contribution in [2.75, 3.05) is 5.32 Å². The van der Waals surface area contributed by atoms with E-state index in [1.54, 1.807) is 0 Å². The van der Waals surface area contributed by atoms with E-state index in [0.29, 0.717) is 5.69 Å². The van der Waals surface area contributed by atoms with Gasteiger partial charge in [-0.2, -0.15) is 0 Å². The maximum Gasteiger partial charge on any atom is 0.255 e. The first-order valence-electron chi connectivity index (χ1n) is 5.73. The molecule has 2 aromatic rings. The van der Waals surface area contributed by atoms with Gasteiger partial charge in [0.2, 0.25) is 10.0 Å². The molecule has 0 saturated carbocycles. The molecule has 0 atom stereocenters. The minimum atomic E-state index is -3.78. The number of sulfonamides is 1. The van der Waals surface area contributed by atoms with Gasteiger partial charge in [0.15, 0.2) is 11.5 Å². The first-order chi connectivity index (χ1) is 9.77. The van der Waals surface area contributed by atoms with Crippen LogP contribution in [0.4, 0.5) is 5.69 Å². The summed E-state index contributed by atoms with van der Waals surface area (Å²) in [7, 11) is -3.78. The molecule has 5 N–H and O–H groups in total. The number of carbonyl (C=O) groups excluding carboxylic acids is 1. The molecule has 0 heterocycles. The van der Waals surface area contributed by atoms with E-state index in [1.807, 2.05) is 0 Å². The van der Waals surface area contributed by atoms with Crippen molar-refractivity contribution in [3.63, 3.8) is 0 Å². The number of hydrogen-bond acceptors (Lipinski definition) is 5. The largest absolute Gasteiger partial charge is 0.504 e. The third-order valence-electron chi connectivity index (χ3n) is 2.68. The molecular weight excluding hydrogens is 296 g/mol. The number of benzene rings is 2. The van der Waals surface area contributed by atoms with Crippen LogP contribution in [0.1, 0.15) is 10.4 Å². The first kappa shape index (κ1) is 14.8. The van der Waals surface area contributed by atoms with Crippen molar-refractivity contribution in [1.82, 2.24) is 0 Å². The predicted molar refractivity (Wildman–Crippen MR) is 75.5 cm³/mol. The average Bonchev–Trinajstić information content (AvgIpc) is 2.41. The number of nitrogens with two attached hydrogens (primary N) is 1. The predicted octanol–water partition coefficient (Wildman–Crippen LogP) is 0.998. The summed E-state index contributed by atoms with van der Waals surface area (Å²) < 4.78 is 22.2. The molecule has 0 radical (unpaired) electrons. The molecule has 110 valence electrons. The van der Waals surface area contributed by atoms with Crippen molar-refractivity contribution in [2.45, 2.75) is 4.90 Å². The third-order valence-corrected chi connectivity index (χ3v) is 3.61. The highest BCUT2D eigenvalue weighted by molar-refractivity contribution is 7.89. The van der Waals surface area contributed by atoms with Gasteiger partial charge in [-0.25, -0.2) is 13.6 Å². The number of rotatable bonds is 3. The number of primary sulfonamides is 1. The molecule has 0 saturated heterocycles. The Hall–Kier alpha value is -2.58. The molecule has 7 nitrogen and oxygen atoms in total. The van der Waals surface area contributed by atoms with Crippen LogP contribution in [0.2, 0.25) is 0 Å². The number of phenols is 2. The molecule has 2 rings (SSSR count). The zero-order chi connectivity index (χ0) is 15.6. The van der Waals surface area contributed by atoms with Gasteiger partial charge in [-0.15, -0.1) is 0 Å². The van der Waals surface area contributed by atoms with E-state index < -0.39 is 21.7 Å². The minimum Gasteiger partial charge on any atom is -0.504 e. The Kier molecular flexibility index (Phi) is 3.83. The normalized spacial score (nSPS) is 11.1. The molecule has 8 heteroatoms. The topological polar surface area (TPSA) is 130 Å². The van der Waals surface area contributed by atoms with Gasteiger partial charge < -0.3 is 15.5 Å². The van der Waals surface area contributed by atoms with Gasteiger partial charge in [0, 0.05) is 11.3 Å². The SMILES string of the molecule is NS(=O)(=O)c1ccc(NC(=O)c2ccc(O)c(O)c2)cc1. The number of aromatic hydroxyl groups is 2. The van der Waals surface area contributed by atoms with Crippen LogP contribution in [0.15, 0.2) is 47.4 Å². The van der Waals surface area contributed by atoms with E-state index in [-0.39, 0.29) is 16.2 Å². The summed E-state index contributed by atoms with van der Waals surface area (Å²) in [6.07, 6.45) is 0. The Balaban J connectivity index is 2.18. The molecule has 2 aromatic carbocycles. The number of phenolic OH excluding ortho intramolecular Hbond substituents is 2. The fraction of sp³-hybridized carbons (Fsp3) is 0. The highest BCUT2D eigenvalue weighted by Crippen LogP contribution is 2.25. The molecular formula is C13H12N2O5S. The fourth-order valence-corrected chi connectivity index (χ4v) is 2.11. The summed E-state index contributed by atoms with van der Waals surface area (Å²) in [5.41, 5.74) is 0.501. The van der Waals surface area contributed by atoms with Gasteiger partial charge in [-0.1, -0.05) is 0 Å². The molecule has 21 heavy (non-hydrogen) atoms. The maximum atomic E-state index is 11.9. The second kappa shape index (κ2) is 5.43. The van der Waals surface area contributed by atoms with Crippen LogP contribution in [0.25, 0.3) is 0 Å². The van der Waals surface area contributed by atoms with Crippen molar-refractivity contribution >= 4 is 21.6 Å². The lowest BCUT2D eigenvalue weighted by atomic mass is 10.2. The molecule has 0 unspecified atom stereocenters. The number of amides is 1. The molecule has 1 amide bonds. The zero-order valence-electron chi connectivity index (χ0n) is 10.6. The van der Waals surface area contributed by atoms with E-state index in [9.17, 15) is 23.4 Å². The van der Waals surface area contributed by atoms with Crippen molar-refractivity contribution in [3.8, 4) is 11.5 Å². The summed E-state index contributed by atoms with van der Waals surface area (Å²) in [5, 5.41) is 26.0. The number of hydrogen-bond donors (Lipinski definition) is 4. The standard InChI is InChI=1S/C13H12N2O5S/c14-21(19,20)10-4-2-9(3-5-10)15-13(18)8-1-6-11(16)12(17)7-8/h1-7,16-17H,(H,15,18)(H2,14,19,20). The van der Waals surface area contributed by atoms with E-state index >= 15 is 0 Å². The molecule has 0 aliphatic rings. The van der Waals surface area contributed by atoms with Crippen LogP contribution >= 0.6 is 0 Å². The summed E-state index contributed by atoms with van der Waals surface area (Å²) in [5.74, 6) is -1.26. The zero-order valence-corrected chi connectivity index (χ0v) is 11.5. The monoisotopic (exact) mass is 308 g/mol. The second-order valence-corrected chi connectivity index (χ2v) is 5.79. The van der Waals surface area contributed by atoms with Crippen molar-refractivity contribution < 1.29 is 23.4 Å². The fourth-order valence-electron chi connectivity index (χ4n) is 1.60. The lowest BCUT2D eigenvalue weighted by Crippen LogP contribution is -2.13. The molecule has 0 aliphatic heterocycles. The molecule has 0 aliphatic carbocycles. The van der Waals surface area contributed by atoms with Gasteiger partial charge in [-0.05, 0) is 42.5 Å². The Morgan fingerprint density at radius 1 is 1.00 bits per heavy atom. The highest BCUT2D eigenvalue weighted by atomic mass is 32.2. The molecule has 0 spiro atoms. The van der Waals surface area contributed by atoms with Crippen LogP contribution in [-0.4, -0.2) is 24.5 Å². The van der Waals surface area contributed by atoms with Crippen molar-refractivity contribution in [3.05, 3.63) is 48.0 Å². The van der Waals surface area contributed by atoms with Crippen molar-refractivity contribution in [2.24, 2.45) is 5.14 Å². The Morgan fingerprint density at radius 2 is 1.62 bits per heavy atom. The minimum absolute atomic E-state index is 0.0669. The highest BCUT2D eigenvalue weighted by Gasteiger charge is 2.11. The summed E-state index contributed by atoms with van der Waals surface area (Å²) in [4.78, 5) is 11.8. The van der Waals surface area contributed by atoms with Crippen LogP contribution in [0.3, 0.4) is 0 Å². The molecule has 0 aromatic heterocycles. The van der Waals surface area contributed by atoms with Crippen LogP contribution < -0.4 is 10.5 Å². The first-order valence-corrected chi connectivity index (χ1v) is 7.28. The van der Waals surface area contributed by atoms with Gasteiger partial charge in [0.1, 0.15) is 0 Å². The molecule has 0 fully saturated rings. The third kappa shape index (κ3) is 3.50. The summed E-state index contributed by atoms with van der Waals surface area (Å²) in [6, 6.07) is 8.94. The Labute approximate surface area is 120 Å². The lowest BCUT2D eigenvalue weighted by molar-refractivity contribution is 0.102. The smallest absolute Gasteiger partial charge is 0.255 e. The molecule has 0 bridgehead atoms. The van der Waals surface area contributed by atoms with Gasteiger partial charge in [0.25, 0.3) is 5.91 Å². The van der Waals surface area contributed by atoms with E-state index in [2.05, 4.69) is 5.32 Å². The maximum absolute atomic E-state index is 11.9. The van der Waals surface area contributed by atoms with Gasteiger partial charge in [-0.3, -0.25) is 4.79 Å². The average molecular weight is 308 g/mol. The summed E-state index contributed by atoms with van der Waals surface area (Å²) in [6.45, 7) is 0. The summed E-state index contributed by atoms with van der Waals surface area (Å²) >= 11 is 0. The second-order valence-electron chi connectivity index (χ2n) is 4.23. The van der Waals surface area contributed by atoms with Crippen LogP contribution in [0.5, 0.6) is 11.5 Å². The van der Waals surface area contributed by atoms with Crippen molar-refractivity contribution in [1.29, 1.82) is 0 Å².